The Kier molecular flexibility index (Phi) is 3.55. The van der Waals surface area contributed by atoms with Crippen LogP contribution in [0.15, 0.2) is 18.6 Å². The van der Waals surface area contributed by atoms with Gasteiger partial charge in [0.2, 0.25) is 0 Å². The Balaban J connectivity index is 2.99. The molecule has 1 aromatic heterocycles. The van der Waals surface area contributed by atoms with E-state index in [-0.39, 0.29) is 18.1 Å². The van der Waals surface area contributed by atoms with Crippen LogP contribution < -0.4 is 5.73 Å². The lowest BCUT2D eigenvalue weighted by Gasteiger charge is -2.31. The molecule has 78 valence electrons. The summed E-state index contributed by atoms with van der Waals surface area (Å²) in [4.78, 5) is 8.25. The van der Waals surface area contributed by atoms with Gasteiger partial charge < -0.3 is 10.8 Å². The smallest absolute Gasteiger partial charge is 0.0661 e. The van der Waals surface area contributed by atoms with Gasteiger partial charge in [-0.15, -0.1) is 0 Å². The maximum atomic E-state index is 9.01. The average molecular weight is 195 g/mol. The predicted molar refractivity (Wildman–Crippen MR) is 54.7 cm³/mol. The highest BCUT2D eigenvalue weighted by atomic mass is 16.3. The molecule has 0 saturated heterocycles. The number of hydrogen-bond acceptors (Lipinski definition) is 4. The van der Waals surface area contributed by atoms with Crippen molar-refractivity contribution in [1.82, 2.24) is 9.97 Å². The fraction of sp³-hybridized carbons (Fsp3) is 0.600. The van der Waals surface area contributed by atoms with Gasteiger partial charge in [-0.2, -0.15) is 0 Å². The molecule has 0 amide bonds. The molecular formula is C10H17N3O. The summed E-state index contributed by atoms with van der Waals surface area (Å²) < 4.78 is 0. The van der Waals surface area contributed by atoms with Crippen molar-refractivity contribution in [2.75, 3.05) is 6.61 Å². The van der Waals surface area contributed by atoms with E-state index in [2.05, 4.69) is 9.97 Å². The van der Waals surface area contributed by atoms with Gasteiger partial charge in [0.1, 0.15) is 0 Å². The highest BCUT2D eigenvalue weighted by Gasteiger charge is 2.31. The third kappa shape index (κ3) is 2.08. The minimum atomic E-state index is -0.303. The summed E-state index contributed by atoms with van der Waals surface area (Å²) >= 11 is 0. The Morgan fingerprint density at radius 3 is 2.71 bits per heavy atom. The standard InChI is InChI=1S/C10H17N3O/c1-8(11)10(2,3-6-14)9-7-12-4-5-13-9/h4-5,7-8,14H,3,6,11H2,1-2H3. The van der Waals surface area contributed by atoms with Crippen molar-refractivity contribution in [3.8, 4) is 0 Å². The van der Waals surface area contributed by atoms with Gasteiger partial charge in [-0.25, -0.2) is 0 Å². The van der Waals surface area contributed by atoms with Crippen LogP contribution in [0.5, 0.6) is 0 Å². The molecule has 0 saturated carbocycles. The van der Waals surface area contributed by atoms with Crippen molar-refractivity contribution in [2.24, 2.45) is 5.73 Å². The van der Waals surface area contributed by atoms with Crippen LogP contribution in [-0.2, 0) is 5.41 Å². The Morgan fingerprint density at radius 2 is 2.29 bits per heavy atom. The maximum Gasteiger partial charge on any atom is 0.0661 e. The molecule has 0 bridgehead atoms. The molecule has 4 heteroatoms. The highest BCUT2D eigenvalue weighted by Crippen LogP contribution is 2.27. The van der Waals surface area contributed by atoms with Crippen molar-refractivity contribution in [3.63, 3.8) is 0 Å². The third-order valence-electron chi connectivity index (χ3n) is 2.78. The van der Waals surface area contributed by atoms with Gasteiger partial charge >= 0.3 is 0 Å². The first-order chi connectivity index (χ1) is 6.61. The molecular weight excluding hydrogens is 178 g/mol. The lowest BCUT2D eigenvalue weighted by molar-refractivity contribution is 0.226. The van der Waals surface area contributed by atoms with Gasteiger partial charge in [-0.1, -0.05) is 6.92 Å². The zero-order valence-corrected chi connectivity index (χ0v) is 8.64. The number of nitrogens with zero attached hydrogens (tertiary/aromatic N) is 2. The van der Waals surface area contributed by atoms with E-state index in [1.165, 1.54) is 0 Å². The first-order valence-electron chi connectivity index (χ1n) is 4.74. The van der Waals surface area contributed by atoms with Crippen molar-refractivity contribution in [1.29, 1.82) is 0 Å². The van der Waals surface area contributed by atoms with Crippen LogP contribution in [0.4, 0.5) is 0 Å². The number of aromatic nitrogens is 2. The number of aliphatic hydroxyl groups excluding tert-OH is 1. The number of hydrogen-bond donors (Lipinski definition) is 2. The summed E-state index contributed by atoms with van der Waals surface area (Å²) in [6.07, 6.45) is 5.58. The number of aliphatic hydroxyl groups is 1. The minimum absolute atomic E-state index is 0.0636. The fourth-order valence-electron chi connectivity index (χ4n) is 1.42. The van der Waals surface area contributed by atoms with Crippen LogP contribution in [-0.4, -0.2) is 27.7 Å². The second-order valence-electron chi connectivity index (χ2n) is 3.77. The first-order valence-corrected chi connectivity index (χ1v) is 4.74. The lowest BCUT2D eigenvalue weighted by Crippen LogP contribution is -2.42. The van der Waals surface area contributed by atoms with Crippen molar-refractivity contribution in [2.45, 2.75) is 31.7 Å². The van der Waals surface area contributed by atoms with E-state index < -0.39 is 0 Å². The molecule has 0 spiro atoms. The molecule has 1 aromatic rings. The van der Waals surface area contributed by atoms with Gasteiger partial charge in [0, 0.05) is 36.7 Å². The van der Waals surface area contributed by atoms with E-state index in [1.54, 1.807) is 18.6 Å². The SMILES string of the molecule is CC(N)C(C)(CCO)c1cnccn1. The fourth-order valence-corrected chi connectivity index (χ4v) is 1.42. The Morgan fingerprint density at radius 1 is 1.57 bits per heavy atom. The van der Waals surface area contributed by atoms with E-state index in [9.17, 15) is 0 Å². The quantitative estimate of drug-likeness (QED) is 0.732. The van der Waals surface area contributed by atoms with E-state index in [0.29, 0.717) is 6.42 Å². The first kappa shape index (κ1) is 11.1. The molecule has 0 fully saturated rings. The van der Waals surface area contributed by atoms with Gasteiger partial charge in [-0.05, 0) is 13.3 Å². The zero-order valence-electron chi connectivity index (χ0n) is 8.64. The van der Waals surface area contributed by atoms with Crippen LogP contribution in [0.2, 0.25) is 0 Å². The summed E-state index contributed by atoms with van der Waals surface area (Å²) in [5.74, 6) is 0. The molecule has 0 aliphatic rings. The topological polar surface area (TPSA) is 72.0 Å². The van der Waals surface area contributed by atoms with E-state index >= 15 is 0 Å². The highest BCUT2D eigenvalue weighted by molar-refractivity contribution is 5.14. The molecule has 2 atom stereocenters. The molecule has 0 aromatic carbocycles. The van der Waals surface area contributed by atoms with Crippen LogP contribution in [0.3, 0.4) is 0 Å². The molecule has 4 nitrogen and oxygen atoms in total. The average Bonchev–Trinajstić information content (AvgIpc) is 2.19. The Bertz CT molecular complexity index is 276. The second kappa shape index (κ2) is 4.48. The van der Waals surface area contributed by atoms with Crippen molar-refractivity contribution >= 4 is 0 Å². The molecule has 0 radical (unpaired) electrons. The maximum absolute atomic E-state index is 9.01. The molecule has 2 unspecified atom stereocenters. The zero-order chi connectivity index (χ0) is 10.6. The second-order valence-corrected chi connectivity index (χ2v) is 3.77. The van der Waals surface area contributed by atoms with E-state index in [1.807, 2.05) is 13.8 Å². The Hall–Kier alpha value is -1.00. The number of nitrogens with two attached hydrogens (primary N) is 1. The van der Waals surface area contributed by atoms with Crippen molar-refractivity contribution in [3.05, 3.63) is 24.3 Å². The van der Waals surface area contributed by atoms with Crippen LogP contribution in [0.25, 0.3) is 0 Å². The van der Waals surface area contributed by atoms with Crippen LogP contribution >= 0.6 is 0 Å². The summed E-state index contributed by atoms with van der Waals surface area (Å²) in [6.45, 7) is 4.02. The molecule has 1 rings (SSSR count). The van der Waals surface area contributed by atoms with Gasteiger partial charge in [0.25, 0.3) is 0 Å². The predicted octanol–water partition coefficient (Wildman–Crippen LogP) is 0.464. The summed E-state index contributed by atoms with van der Waals surface area (Å²) in [7, 11) is 0. The van der Waals surface area contributed by atoms with Gasteiger partial charge in [-0.3, -0.25) is 9.97 Å². The van der Waals surface area contributed by atoms with Crippen LogP contribution in [0.1, 0.15) is 26.0 Å². The normalized spacial score (nSPS) is 17.4. The third-order valence-corrected chi connectivity index (χ3v) is 2.78. The van der Waals surface area contributed by atoms with Crippen molar-refractivity contribution < 1.29 is 5.11 Å². The molecule has 3 N–H and O–H groups in total. The summed E-state index contributed by atoms with van der Waals surface area (Å²) in [6, 6.07) is -0.0636. The summed E-state index contributed by atoms with van der Waals surface area (Å²) in [5.41, 5.74) is 6.44. The molecule has 14 heavy (non-hydrogen) atoms. The van der Waals surface area contributed by atoms with Gasteiger partial charge in [0.15, 0.2) is 0 Å². The minimum Gasteiger partial charge on any atom is -0.396 e. The number of rotatable bonds is 4. The van der Waals surface area contributed by atoms with Gasteiger partial charge in [0.05, 0.1) is 5.69 Å². The lowest BCUT2D eigenvalue weighted by atomic mass is 9.78. The molecule has 1 heterocycles. The largest absolute Gasteiger partial charge is 0.396 e. The monoisotopic (exact) mass is 195 g/mol. The molecule has 0 aliphatic carbocycles. The van der Waals surface area contributed by atoms with Crippen LogP contribution in [0, 0.1) is 0 Å². The summed E-state index contributed by atoms with van der Waals surface area (Å²) in [5, 5.41) is 9.01. The van der Waals surface area contributed by atoms with E-state index in [4.69, 9.17) is 10.8 Å². The van der Waals surface area contributed by atoms with E-state index in [0.717, 1.165) is 5.69 Å². The molecule has 0 aliphatic heterocycles. The Labute approximate surface area is 84.2 Å².